The van der Waals surface area contributed by atoms with Crippen molar-refractivity contribution in [1.29, 1.82) is 0 Å². The Morgan fingerprint density at radius 1 is 1.45 bits per heavy atom. The molecule has 0 heterocycles. The van der Waals surface area contributed by atoms with Crippen molar-refractivity contribution < 1.29 is 9.53 Å². The van der Waals surface area contributed by atoms with Crippen molar-refractivity contribution in [3.63, 3.8) is 0 Å². The minimum absolute atomic E-state index is 0.289. The third kappa shape index (κ3) is 26.2. The van der Waals surface area contributed by atoms with Crippen LogP contribution in [-0.4, -0.2) is 12.4 Å². The van der Waals surface area contributed by atoms with Gasteiger partial charge in [-0.3, -0.25) is 0 Å². The molecule has 0 aromatic heterocycles. The van der Waals surface area contributed by atoms with Crippen LogP contribution < -0.4 is 0 Å². The fourth-order valence-electron chi connectivity index (χ4n) is 0.519. The zero-order valence-corrected chi connectivity index (χ0v) is 8.02. The molecule has 0 N–H and O–H groups in total. The van der Waals surface area contributed by atoms with Gasteiger partial charge in [-0.05, 0) is 27.2 Å². The summed E-state index contributed by atoms with van der Waals surface area (Å²) < 4.78 is 4.71. The van der Waals surface area contributed by atoms with Crippen molar-refractivity contribution in [2.75, 3.05) is 6.61 Å². The average molecular weight is 159 g/mol. The molecule has 0 amide bonds. The van der Waals surface area contributed by atoms with E-state index in [9.17, 15) is 4.79 Å². The molecule has 0 aromatic rings. The molecule has 0 aliphatic carbocycles. The van der Waals surface area contributed by atoms with Gasteiger partial charge in [0.2, 0.25) is 0 Å². The number of carbonyl (C=O) groups excluding carboxylic acids is 1. The Morgan fingerprint density at radius 2 is 2.00 bits per heavy atom. The molecule has 0 bridgehead atoms. The van der Waals surface area contributed by atoms with Crippen LogP contribution in [0.1, 0.15) is 40.5 Å². The second-order valence-electron chi connectivity index (χ2n) is 2.14. The minimum Gasteiger partial charge on any atom is -0.376 e. The highest BCUT2D eigenvalue weighted by Crippen LogP contribution is 1.84. The first-order valence-electron chi connectivity index (χ1n) is 4.07. The van der Waals surface area contributed by atoms with Gasteiger partial charge < -0.3 is 9.53 Å². The fraction of sp³-hybridized carbons (Fsp3) is 0.778. The molecule has 0 unspecified atom stereocenters. The number of ether oxygens (including phenoxy) is 1. The van der Waals surface area contributed by atoms with Crippen LogP contribution in [0.15, 0.2) is 0 Å². The van der Waals surface area contributed by atoms with E-state index in [1.54, 1.807) is 13.5 Å². The summed E-state index contributed by atoms with van der Waals surface area (Å²) in [5.41, 5.74) is 0. The molecule has 0 rings (SSSR count). The minimum atomic E-state index is 0.289. The normalized spacial score (nSPS) is 8.36. The molecule has 67 valence electrons. The molecule has 0 fully saturated rings. The molecule has 1 radical (unpaired) electrons. The molecule has 0 aromatic carbocycles. The van der Waals surface area contributed by atoms with Crippen molar-refractivity contribution in [2.45, 2.75) is 40.5 Å². The second kappa shape index (κ2) is 12.3. The van der Waals surface area contributed by atoms with E-state index in [4.69, 9.17) is 4.74 Å². The lowest BCUT2D eigenvalue weighted by Gasteiger charge is -1.85. The zero-order valence-electron chi connectivity index (χ0n) is 8.02. The quantitative estimate of drug-likeness (QED) is 0.630. The third-order valence-electron chi connectivity index (χ3n) is 0.935. The molecule has 2 heteroatoms. The maximum Gasteiger partial charge on any atom is 0.129 e. The van der Waals surface area contributed by atoms with Crippen molar-refractivity contribution >= 4 is 5.78 Å². The molecule has 0 saturated carbocycles. The van der Waals surface area contributed by atoms with Crippen LogP contribution in [-0.2, 0) is 9.53 Å². The molecule has 0 aliphatic heterocycles. The van der Waals surface area contributed by atoms with E-state index in [1.165, 1.54) is 0 Å². The zero-order chi connectivity index (χ0) is 9.11. The highest BCUT2D eigenvalue weighted by Gasteiger charge is 1.83. The van der Waals surface area contributed by atoms with E-state index in [1.807, 2.05) is 20.8 Å². The van der Waals surface area contributed by atoms with Crippen LogP contribution in [0.5, 0.6) is 0 Å². The van der Waals surface area contributed by atoms with E-state index in [2.05, 4.69) is 0 Å². The lowest BCUT2D eigenvalue weighted by atomic mass is 10.3. The molecule has 0 spiro atoms. The number of hydrogen-bond donors (Lipinski definition) is 0. The van der Waals surface area contributed by atoms with Gasteiger partial charge in [-0.15, -0.1) is 0 Å². The van der Waals surface area contributed by atoms with Gasteiger partial charge in [-0.1, -0.05) is 6.92 Å². The van der Waals surface area contributed by atoms with Crippen LogP contribution >= 0.6 is 0 Å². The predicted octanol–water partition coefficient (Wildman–Crippen LogP) is 2.58. The van der Waals surface area contributed by atoms with Crippen LogP contribution in [0.2, 0.25) is 0 Å². The summed E-state index contributed by atoms with van der Waals surface area (Å²) in [6.45, 7) is 9.91. The topological polar surface area (TPSA) is 26.3 Å². The second-order valence-corrected chi connectivity index (χ2v) is 2.14. The van der Waals surface area contributed by atoms with E-state index in [0.29, 0.717) is 0 Å². The number of hydrogen-bond acceptors (Lipinski definition) is 2. The highest BCUT2D eigenvalue weighted by molar-refractivity contribution is 5.75. The highest BCUT2D eigenvalue weighted by atomic mass is 16.5. The van der Waals surface area contributed by atoms with Crippen LogP contribution in [0.25, 0.3) is 0 Å². The summed E-state index contributed by atoms with van der Waals surface area (Å²) in [6, 6.07) is 0. The first kappa shape index (κ1) is 13.2. The van der Waals surface area contributed by atoms with Crippen molar-refractivity contribution in [2.24, 2.45) is 0 Å². The number of carbonyl (C=O) groups is 1. The summed E-state index contributed by atoms with van der Waals surface area (Å²) in [7, 11) is 0. The molecule has 2 nitrogen and oxygen atoms in total. The monoisotopic (exact) mass is 159 g/mol. The average Bonchev–Trinajstić information content (AvgIpc) is 1.90. The molecular formula is C9H19O2. The summed E-state index contributed by atoms with van der Waals surface area (Å²) in [5, 5.41) is 0. The van der Waals surface area contributed by atoms with Crippen molar-refractivity contribution in [3.8, 4) is 0 Å². The molecule has 11 heavy (non-hydrogen) atoms. The van der Waals surface area contributed by atoms with E-state index >= 15 is 0 Å². The van der Waals surface area contributed by atoms with Gasteiger partial charge in [-0.25, -0.2) is 0 Å². The Morgan fingerprint density at radius 3 is 2.00 bits per heavy atom. The Kier molecular flexibility index (Phi) is 14.8. The smallest absolute Gasteiger partial charge is 0.129 e. The van der Waals surface area contributed by atoms with Gasteiger partial charge in [0.15, 0.2) is 0 Å². The van der Waals surface area contributed by atoms with E-state index < -0.39 is 0 Å². The van der Waals surface area contributed by atoms with Crippen molar-refractivity contribution in [3.05, 3.63) is 6.61 Å². The summed E-state index contributed by atoms with van der Waals surface area (Å²) >= 11 is 0. The molecule has 0 saturated heterocycles. The largest absolute Gasteiger partial charge is 0.376 e. The molecule has 0 aliphatic rings. The Bertz CT molecular complexity index is 77.6. The first-order valence-corrected chi connectivity index (χ1v) is 4.07. The molecular weight excluding hydrogens is 140 g/mol. The standard InChI is InChI=1S/C5H10O.C4H9O/c1-3-4-5(2)6;1-3-5-4-2/h3-4H2,1-2H3;3H,4H2,1-2H3. The maximum atomic E-state index is 10.0. The Labute approximate surface area is 69.9 Å². The van der Waals surface area contributed by atoms with E-state index in [0.717, 1.165) is 19.4 Å². The summed E-state index contributed by atoms with van der Waals surface area (Å²) in [6.07, 6.45) is 1.72. The van der Waals surface area contributed by atoms with Gasteiger partial charge in [0.1, 0.15) is 5.78 Å². The number of rotatable bonds is 4. The predicted molar refractivity (Wildman–Crippen MR) is 47.2 cm³/mol. The maximum absolute atomic E-state index is 10.0. The van der Waals surface area contributed by atoms with Gasteiger partial charge in [0.25, 0.3) is 0 Å². The van der Waals surface area contributed by atoms with Crippen LogP contribution in [0.4, 0.5) is 0 Å². The van der Waals surface area contributed by atoms with Gasteiger partial charge in [0, 0.05) is 13.0 Å². The van der Waals surface area contributed by atoms with E-state index in [-0.39, 0.29) is 5.78 Å². The SMILES string of the molecule is CCCC(C)=O.C[CH]OCC. The Hall–Kier alpha value is -0.370. The van der Waals surface area contributed by atoms with Crippen molar-refractivity contribution in [1.82, 2.24) is 0 Å². The first-order chi connectivity index (χ1) is 5.18. The fourth-order valence-corrected chi connectivity index (χ4v) is 0.519. The third-order valence-corrected chi connectivity index (χ3v) is 0.935. The lowest BCUT2D eigenvalue weighted by Crippen LogP contribution is -1.84. The van der Waals surface area contributed by atoms with Gasteiger partial charge in [0.05, 0.1) is 6.61 Å². The summed E-state index contributed by atoms with van der Waals surface area (Å²) in [5.74, 6) is 0.289. The molecule has 0 atom stereocenters. The van der Waals surface area contributed by atoms with Crippen LogP contribution in [0, 0.1) is 6.61 Å². The summed E-state index contributed by atoms with van der Waals surface area (Å²) in [4.78, 5) is 10.0. The number of ketones is 1. The van der Waals surface area contributed by atoms with Gasteiger partial charge in [-0.2, -0.15) is 0 Å². The van der Waals surface area contributed by atoms with Gasteiger partial charge >= 0.3 is 0 Å². The number of Topliss-reactive ketones (excluding diaryl/α,β-unsaturated/α-hetero) is 1. The Balaban J connectivity index is 0. The van der Waals surface area contributed by atoms with Crippen LogP contribution in [0.3, 0.4) is 0 Å². The lowest BCUT2D eigenvalue weighted by molar-refractivity contribution is -0.117.